The minimum absolute atomic E-state index is 0.123. The first kappa shape index (κ1) is 22.3. The van der Waals surface area contributed by atoms with Gasteiger partial charge < -0.3 is 14.8 Å². The number of hydrogen-bond donors (Lipinski definition) is 2. The van der Waals surface area contributed by atoms with Crippen LogP contribution in [0.4, 0.5) is 10.8 Å². The Balaban J connectivity index is 1.77. The predicted molar refractivity (Wildman–Crippen MR) is 123 cm³/mol. The molecule has 0 aliphatic carbocycles. The maximum atomic E-state index is 12.7. The highest BCUT2D eigenvalue weighted by Crippen LogP contribution is 2.35. The van der Waals surface area contributed by atoms with E-state index in [-0.39, 0.29) is 11.8 Å². The normalized spacial score (nSPS) is 11.0. The van der Waals surface area contributed by atoms with E-state index in [1.807, 2.05) is 44.4 Å². The van der Waals surface area contributed by atoms with Crippen LogP contribution in [0.5, 0.6) is 11.5 Å². The van der Waals surface area contributed by atoms with Crippen molar-refractivity contribution >= 4 is 34.0 Å². The summed E-state index contributed by atoms with van der Waals surface area (Å²) in [6, 6.07) is 12.2. The second-order valence-corrected chi connectivity index (χ2v) is 8.70. The topological polar surface area (TPSA) is 89.5 Å². The van der Waals surface area contributed by atoms with Crippen molar-refractivity contribution in [2.75, 3.05) is 24.9 Å². The van der Waals surface area contributed by atoms with Crippen LogP contribution in [0.2, 0.25) is 0 Å². The molecule has 2 amide bonds. The maximum Gasteiger partial charge on any atom is 0.257 e. The van der Waals surface area contributed by atoms with E-state index in [4.69, 9.17) is 9.47 Å². The fourth-order valence-corrected chi connectivity index (χ4v) is 3.40. The van der Waals surface area contributed by atoms with Gasteiger partial charge in [-0.1, -0.05) is 26.8 Å². The fraction of sp³-hybridized carbons (Fsp3) is 0.261. The minimum Gasteiger partial charge on any atom is -0.497 e. The van der Waals surface area contributed by atoms with Gasteiger partial charge >= 0.3 is 0 Å². The van der Waals surface area contributed by atoms with Crippen molar-refractivity contribution in [1.29, 1.82) is 0 Å². The van der Waals surface area contributed by atoms with Crippen LogP contribution in [0.1, 0.15) is 31.1 Å². The van der Waals surface area contributed by atoms with E-state index in [0.29, 0.717) is 33.6 Å². The molecule has 0 aliphatic heterocycles. The molecule has 0 spiro atoms. The van der Waals surface area contributed by atoms with Crippen LogP contribution in [-0.4, -0.2) is 31.0 Å². The van der Waals surface area contributed by atoms with Gasteiger partial charge in [-0.2, -0.15) is 0 Å². The Labute approximate surface area is 185 Å². The lowest BCUT2D eigenvalue weighted by molar-refractivity contribution is -0.123. The molecular weight excluding hydrogens is 414 g/mol. The zero-order valence-electron chi connectivity index (χ0n) is 18.1. The van der Waals surface area contributed by atoms with Crippen molar-refractivity contribution < 1.29 is 19.1 Å². The van der Waals surface area contributed by atoms with Crippen molar-refractivity contribution in [3.8, 4) is 22.8 Å². The number of nitrogens with zero attached hydrogens (tertiary/aromatic N) is 1. The summed E-state index contributed by atoms with van der Waals surface area (Å²) in [6.45, 7) is 5.49. The van der Waals surface area contributed by atoms with Gasteiger partial charge in [-0.3, -0.25) is 14.9 Å². The van der Waals surface area contributed by atoms with Gasteiger partial charge in [-0.05, 0) is 36.4 Å². The van der Waals surface area contributed by atoms with Gasteiger partial charge in [-0.15, -0.1) is 11.3 Å². The molecule has 1 heterocycles. The molecule has 0 unspecified atom stereocenters. The number of carbonyl (C=O) groups excluding carboxylic acids is 2. The molecule has 2 N–H and O–H groups in total. The Morgan fingerprint density at radius 2 is 1.77 bits per heavy atom. The number of methoxy groups -OCH3 is 2. The SMILES string of the molecule is COc1ccc(OC)c(-c2csc(NC(=O)c3cccc(NC(=O)C(C)(C)C)c3)n2)c1. The van der Waals surface area contributed by atoms with Crippen molar-refractivity contribution in [2.24, 2.45) is 5.41 Å². The third-order valence-corrected chi connectivity index (χ3v) is 5.23. The van der Waals surface area contributed by atoms with Gasteiger partial charge in [0.1, 0.15) is 11.5 Å². The molecule has 3 aromatic rings. The minimum atomic E-state index is -0.531. The van der Waals surface area contributed by atoms with Crippen LogP contribution in [0, 0.1) is 5.41 Å². The van der Waals surface area contributed by atoms with Crippen LogP contribution in [0.15, 0.2) is 47.8 Å². The third kappa shape index (κ3) is 5.40. The first-order chi connectivity index (χ1) is 14.7. The van der Waals surface area contributed by atoms with Gasteiger partial charge in [0.05, 0.1) is 19.9 Å². The van der Waals surface area contributed by atoms with Crippen molar-refractivity contribution in [2.45, 2.75) is 20.8 Å². The summed E-state index contributed by atoms with van der Waals surface area (Å²) in [6.07, 6.45) is 0. The summed E-state index contributed by atoms with van der Waals surface area (Å²) in [7, 11) is 3.18. The van der Waals surface area contributed by atoms with Crippen LogP contribution < -0.4 is 20.1 Å². The van der Waals surface area contributed by atoms with Gasteiger partial charge in [0.25, 0.3) is 5.91 Å². The molecule has 31 heavy (non-hydrogen) atoms. The number of anilines is 2. The molecular formula is C23H25N3O4S. The number of aromatic nitrogens is 1. The summed E-state index contributed by atoms with van der Waals surface area (Å²) in [4.78, 5) is 29.4. The number of rotatable bonds is 6. The number of benzene rings is 2. The van der Waals surface area contributed by atoms with Gasteiger partial charge in [0.2, 0.25) is 5.91 Å². The maximum absolute atomic E-state index is 12.7. The quantitative estimate of drug-likeness (QED) is 0.560. The molecule has 0 saturated carbocycles. The summed E-state index contributed by atoms with van der Waals surface area (Å²) in [5, 5.41) is 7.93. The molecule has 0 fully saturated rings. The molecule has 0 bridgehead atoms. The largest absolute Gasteiger partial charge is 0.497 e. The zero-order valence-corrected chi connectivity index (χ0v) is 18.9. The standard InChI is InChI=1S/C23H25N3O4S/c1-23(2,3)21(28)24-15-8-6-7-14(11-15)20(27)26-22-25-18(13-31-22)17-12-16(29-4)9-10-19(17)30-5/h6-13H,1-5H3,(H,24,28)(H,25,26,27). The molecule has 162 valence electrons. The highest BCUT2D eigenvalue weighted by atomic mass is 32.1. The Morgan fingerprint density at radius 1 is 1.00 bits per heavy atom. The van der Waals surface area contributed by atoms with E-state index in [9.17, 15) is 9.59 Å². The van der Waals surface area contributed by atoms with Crippen LogP contribution in [-0.2, 0) is 4.79 Å². The predicted octanol–water partition coefficient (Wildman–Crippen LogP) is 5.06. The monoisotopic (exact) mass is 439 g/mol. The highest BCUT2D eigenvalue weighted by molar-refractivity contribution is 7.14. The number of hydrogen-bond acceptors (Lipinski definition) is 6. The molecule has 3 rings (SSSR count). The van der Waals surface area contributed by atoms with E-state index in [0.717, 1.165) is 5.56 Å². The summed E-state index contributed by atoms with van der Waals surface area (Å²) in [5.74, 6) is 0.905. The first-order valence-electron chi connectivity index (χ1n) is 9.62. The van der Waals surface area contributed by atoms with E-state index in [1.165, 1.54) is 11.3 Å². The Bertz CT molecular complexity index is 1100. The lowest BCUT2D eigenvalue weighted by atomic mass is 9.95. The molecule has 0 saturated heterocycles. The van der Waals surface area contributed by atoms with E-state index < -0.39 is 5.41 Å². The Hall–Kier alpha value is -3.39. The number of ether oxygens (including phenoxy) is 2. The number of thiazole rings is 1. The van der Waals surface area contributed by atoms with Crippen LogP contribution >= 0.6 is 11.3 Å². The van der Waals surface area contributed by atoms with E-state index in [1.54, 1.807) is 38.5 Å². The number of amides is 2. The van der Waals surface area contributed by atoms with Gasteiger partial charge in [0, 0.05) is 27.6 Å². The molecule has 0 atom stereocenters. The molecule has 7 nitrogen and oxygen atoms in total. The van der Waals surface area contributed by atoms with Crippen molar-refractivity contribution in [3.05, 3.63) is 53.4 Å². The Kier molecular flexibility index (Phi) is 6.60. The van der Waals surface area contributed by atoms with Crippen LogP contribution in [0.25, 0.3) is 11.3 Å². The van der Waals surface area contributed by atoms with E-state index in [2.05, 4.69) is 15.6 Å². The average Bonchev–Trinajstić information content (AvgIpc) is 3.21. The highest BCUT2D eigenvalue weighted by Gasteiger charge is 2.21. The molecule has 0 aliphatic rings. The molecule has 8 heteroatoms. The average molecular weight is 440 g/mol. The van der Waals surface area contributed by atoms with Gasteiger partial charge in [-0.25, -0.2) is 4.98 Å². The molecule has 0 radical (unpaired) electrons. The summed E-state index contributed by atoms with van der Waals surface area (Å²) in [5.41, 5.74) is 1.89. The van der Waals surface area contributed by atoms with Crippen LogP contribution in [0.3, 0.4) is 0 Å². The lowest BCUT2D eigenvalue weighted by Crippen LogP contribution is -2.27. The summed E-state index contributed by atoms with van der Waals surface area (Å²) < 4.78 is 10.7. The fourth-order valence-electron chi connectivity index (χ4n) is 2.70. The number of nitrogens with one attached hydrogen (secondary N) is 2. The second-order valence-electron chi connectivity index (χ2n) is 7.84. The first-order valence-corrected chi connectivity index (χ1v) is 10.5. The lowest BCUT2D eigenvalue weighted by Gasteiger charge is -2.17. The van der Waals surface area contributed by atoms with E-state index >= 15 is 0 Å². The zero-order chi connectivity index (χ0) is 22.6. The third-order valence-electron chi connectivity index (χ3n) is 4.47. The Morgan fingerprint density at radius 3 is 2.45 bits per heavy atom. The van der Waals surface area contributed by atoms with Crippen molar-refractivity contribution in [3.63, 3.8) is 0 Å². The number of carbonyl (C=O) groups is 2. The molecule has 2 aromatic carbocycles. The van der Waals surface area contributed by atoms with Gasteiger partial charge in [0.15, 0.2) is 5.13 Å². The summed E-state index contributed by atoms with van der Waals surface area (Å²) >= 11 is 1.31. The molecule has 1 aromatic heterocycles. The second kappa shape index (κ2) is 9.18. The smallest absolute Gasteiger partial charge is 0.257 e. The van der Waals surface area contributed by atoms with Crippen molar-refractivity contribution in [1.82, 2.24) is 4.98 Å².